The summed E-state index contributed by atoms with van der Waals surface area (Å²) >= 11 is 0. The fourth-order valence-electron chi connectivity index (χ4n) is 3.47. The van der Waals surface area contributed by atoms with Gasteiger partial charge in [-0.05, 0) is 57.5 Å². The minimum atomic E-state index is -0.164. The van der Waals surface area contributed by atoms with Gasteiger partial charge in [-0.3, -0.25) is 14.5 Å². The van der Waals surface area contributed by atoms with E-state index in [1.165, 1.54) is 6.92 Å². The molecule has 0 aromatic heterocycles. The summed E-state index contributed by atoms with van der Waals surface area (Å²) in [5.41, 5.74) is 1.64. The fraction of sp³-hybridized carbons (Fsp3) is 0.556. The van der Waals surface area contributed by atoms with Crippen LogP contribution < -0.4 is 5.32 Å². The molecule has 1 amide bonds. The second-order valence-electron chi connectivity index (χ2n) is 6.82. The van der Waals surface area contributed by atoms with Gasteiger partial charge in [-0.2, -0.15) is 0 Å². The smallest absolute Gasteiger partial charge is 0.241 e. The molecule has 2 aliphatic heterocycles. The molecule has 2 heterocycles. The number of nitrogens with one attached hydrogen (secondary N) is 1. The second-order valence-corrected chi connectivity index (χ2v) is 6.82. The monoisotopic (exact) mass is 316 g/mol. The Balaban J connectivity index is 1.58. The number of nitrogens with zero attached hydrogens (tertiary/aromatic N) is 1. The number of anilines is 1. The van der Waals surface area contributed by atoms with E-state index in [4.69, 9.17) is 4.74 Å². The predicted octanol–water partition coefficient (Wildman–Crippen LogP) is 2.33. The minimum Gasteiger partial charge on any atom is -0.381 e. The van der Waals surface area contributed by atoms with Crippen LogP contribution in [0.1, 0.15) is 37.0 Å². The molecule has 2 atom stereocenters. The van der Waals surface area contributed by atoms with E-state index >= 15 is 0 Å². The van der Waals surface area contributed by atoms with Gasteiger partial charge in [0.05, 0.1) is 12.6 Å². The van der Waals surface area contributed by atoms with E-state index in [0.29, 0.717) is 5.56 Å². The van der Waals surface area contributed by atoms with E-state index in [-0.39, 0.29) is 23.1 Å². The molecule has 2 aliphatic rings. The van der Waals surface area contributed by atoms with Crippen LogP contribution >= 0.6 is 0 Å². The Kier molecular flexibility index (Phi) is 4.50. The van der Waals surface area contributed by atoms with Crippen LogP contribution in [0, 0.1) is 5.41 Å². The van der Waals surface area contributed by atoms with Gasteiger partial charge >= 0.3 is 0 Å². The Labute approximate surface area is 137 Å². The molecule has 23 heavy (non-hydrogen) atoms. The van der Waals surface area contributed by atoms with E-state index in [1.54, 1.807) is 24.3 Å². The molecule has 3 rings (SSSR count). The normalized spacial score (nSPS) is 25.7. The van der Waals surface area contributed by atoms with Crippen molar-refractivity contribution in [3.05, 3.63) is 29.8 Å². The number of carbonyl (C=O) groups is 2. The molecule has 1 spiro atoms. The maximum absolute atomic E-state index is 12.5. The highest BCUT2D eigenvalue weighted by molar-refractivity contribution is 5.97. The quantitative estimate of drug-likeness (QED) is 0.866. The van der Waals surface area contributed by atoms with Crippen molar-refractivity contribution in [2.45, 2.75) is 32.7 Å². The first-order chi connectivity index (χ1) is 11.0. The molecular weight excluding hydrogens is 292 g/mol. The zero-order chi connectivity index (χ0) is 16.4. The van der Waals surface area contributed by atoms with Gasteiger partial charge in [0.25, 0.3) is 0 Å². The van der Waals surface area contributed by atoms with Crippen LogP contribution in [-0.2, 0) is 9.53 Å². The van der Waals surface area contributed by atoms with Crippen molar-refractivity contribution in [3.8, 4) is 0 Å². The lowest BCUT2D eigenvalue weighted by Gasteiger charge is -2.26. The van der Waals surface area contributed by atoms with Crippen molar-refractivity contribution < 1.29 is 14.3 Å². The average molecular weight is 316 g/mol. The lowest BCUT2D eigenvalue weighted by Crippen LogP contribution is -2.42. The van der Waals surface area contributed by atoms with Gasteiger partial charge in [-0.15, -0.1) is 0 Å². The number of rotatable bonds is 4. The maximum atomic E-state index is 12.5. The number of hydrogen-bond donors (Lipinski definition) is 1. The zero-order valence-electron chi connectivity index (χ0n) is 13.8. The molecule has 5 heteroatoms. The van der Waals surface area contributed by atoms with Gasteiger partial charge in [0, 0.05) is 29.8 Å². The van der Waals surface area contributed by atoms with Crippen molar-refractivity contribution in [3.63, 3.8) is 0 Å². The number of carbonyl (C=O) groups excluding carboxylic acids is 2. The number of ether oxygens (including phenoxy) is 1. The molecule has 0 bridgehead atoms. The summed E-state index contributed by atoms with van der Waals surface area (Å²) in [5, 5.41) is 2.94. The average Bonchev–Trinajstić information content (AvgIpc) is 3.17. The lowest BCUT2D eigenvalue weighted by atomic mass is 9.87. The minimum absolute atomic E-state index is 0.00320. The third-order valence-corrected chi connectivity index (χ3v) is 5.14. The summed E-state index contributed by atoms with van der Waals surface area (Å²) in [7, 11) is 0. The summed E-state index contributed by atoms with van der Waals surface area (Å²) < 4.78 is 5.54. The van der Waals surface area contributed by atoms with Gasteiger partial charge in [0.1, 0.15) is 0 Å². The third kappa shape index (κ3) is 3.46. The first-order valence-electron chi connectivity index (χ1n) is 8.23. The van der Waals surface area contributed by atoms with E-state index in [1.807, 2.05) is 6.92 Å². The SMILES string of the molecule is CC(=O)c1ccc(NC(=O)C(C)N2CCC3(CCOC3)C2)cc1. The fourth-order valence-corrected chi connectivity index (χ4v) is 3.47. The highest BCUT2D eigenvalue weighted by Crippen LogP contribution is 2.38. The van der Waals surface area contributed by atoms with E-state index in [2.05, 4.69) is 10.2 Å². The van der Waals surface area contributed by atoms with Crippen LogP contribution in [0.5, 0.6) is 0 Å². The first kappa shape index (κ1) is 16.1. The van der Waals surface area contributed by atoms with Crippen molar-refractivity contribution in [1.29, 1.82) is 0 Å². The molecule has 124 valence electrons. The van der Waals surface area contributed by atoms with Crippen LogP contribution in [0.4, 0.5) is 5.69 Å². The third-order valence-electron chi connectivity index (χ3n) is 5.14. The van der Waals surface area contributed by atoms with Gasteiger partial charge < -0.3 is 10.1 Å². The Morgan fingerprint density at radius 1 is 1.26 bits per heavy atom. The topological polar surface area (TPSA) is 58.6 Å². The summed E-state index contributed by atoms with van der Waals surface area (Å²) in [6.45, 7) is 7.03. The Hall–Kier alpha value is -1.72. The summed E-state index contributed by atoms with van der Waals surface area (Å²) in [6, 6.07) is 6.87. The van der Waals surface area contributed by atoms with Crippen molar-refractivity contribution in [1.82, 2.24) is 4.90 Å². The molecule has 1 aromatic carbocycles. The van der Waals surface area contributed by atoms with Gasteiger partial charge in [-0.1, -0.05) is 0 Å². The molecule has 5 nitrogen and oxygen atoms in total. The highest BCUT2D eigenvalue weighted by Gasteiger charge is 2.43. The van der Waals surface area contributed by atoms with Gasteiger partial charge in [0.2, 0.25) is 5.91 Å². The largest absolute Gasteiger partial charge is 0.381 e. The van der Waals surface area contributed by atoms with Crippen LogP contribution in [0.3, 0.4) is 0 Å². The Bertz CT molecular complexity index is 591. The van der Waals surface area contributed by atoms with Crippen LogP contribution in [-0.4, -0.2) is 48.9 Å². The summed E-state index contributed by atoms with van der Waals surface area (Å²) in [6.07, 6.45) is 2.21. The Morgan fingerprint density at radius 3 is 2.61 bits per heavy atom. The number of benzene rings is 1. The van der Waals surface area contributed by atoms with E-state index in [9.17, 15) is 9.59 Å². The first-order valence-corrected chi connectivity index (χ1v) is 8.23. The number of likely N-dealkylation sites (tertiary alicyclic amines) is 1. The van der Waals surface area contributed by atoms with Gasteiger partial charge in [-0.25, -0.2) is 0 Å². The van der Waals surface area contributed by atoms with Crippen LogP contribution in [0.15, 0.2) is 24.3 Å². The number of hydrogen-bond acceptors (Lipinski definition) is 4. The molecule has 2 saturated heterocycles. The van der Waals surface area contributed by atoms with Crippen molar-refractivity contribution in [2.24, 2.45) is 5.41 Å². The lowest BCUT2D eigenvalue weighted by molar-refractivity contribution is -0.120. The van der Waals surface area contributed by atoms with E-state index < -0.39 is 0 Å². The van der Waals surface area contributed by atoms with E-state index in [0.717, 1.165) is 44.8 Å². The molecule has 2 unspecified atom stereocenters. The molecule has 0 radical (unpaired) electrons. The van der Waals surface area contributed by atoms with Crippen LogP contribution in [0.2, 0.25) is 0 Å². The van der Waals surface area contributed by atoms with Gasteiger partial charge in [0.15, 0.2) is 5.78 Å². The zero-order valence-corrected chi connectivity index (χ0v) is 13.8. The Morgan fingerprint density at radius 2 is 2.00 bits per heavy atom. The molecule has 0 saturated carbocycles. The molecule has 2 fully saturated rings. The molecule has 1 N–H and O–H groups in total. The second kappa shape index (κ2) is 6.42. The van der Waals surface area contributed by atoms with Crippen molar-refractivity contribution >= 4 is 17.4 Å². The molecular formula is C18H24N2O3. The number of amides is 1. The van der Waals surface area contributed by atoms with Crippen molar-refractivity contribution in [2.75, 3.05) is 31.6 Å². The number of Topliss-reactive ketones (excluding diaryl/α,β-unsaturated/α-hetero) is 1. The molecule has 1 aromatic rings. The highest BCUT2D eigenvalue weighted by atomic mass is 16.5. The maximum Gasteiger partial charge on any atom is 0.241 e. The summed E-state index contributed by atoms with van der Waals surface area (Å²) in [4.78, 5) is 26.0. The predicted molar refractivity (Wildman–Crippen MR) is 88.6 cm³/mol. The standard InChI is InChI=1S/C18H24N2O3/c1-13(20-9-7-18(11-20)8-10-23-12-18)17(22)19-16-5-3-15(4-6-16)14(2)21/h3-6,13H,7-12H2,1-2H3,(H,19,22). The summed E-state index contributed by atoms with van der Waals surface area (Å²) in [5.74, 6) is 0.0222. The number of ketones is 1. The van der Waals surface area contributed by atoms with Crippen LogP contribution in [0.25, 0.3) is 0 Å². The molecule has 0 aliphatic carbocycles.